The zero-order valence-electron chi connectivity index (χ0n) is 9.11. The molecular formula is C12H10O6. The fraction of sp³-hybridized carbons (Fsp3) is 0. The normalized spacial score (nSPS) is 12.0. The highest BCUT2D eigenvalue weighted by Gasteiger charge is 2.14. The smallest absolute Gasteiger partial charge is 0.374 e. The average Bonchev–Trinajstić information content (AvgIpc) is 2.35. The molecule has 0 bridgehead atoms. The number of para-hydroxylation sites is 2. The molecule has 0 amide bonds. The number of aliphatic hydroxyl groups excluding tert-OH is 1. The highest BCUT2D eigenvalue weighted by atomic mass is 16.5. The SMILES string of the molecule is O=CC=CC(Oc1ccccc1O)=C(O)C(=O)O. The fourth-order valence-corrected chi connectivity index (χ4v) is 1.06. The molecule has 94 valence electrons. The van der Waals surface area contributed by atoms with Crippen LogP contribution in [0.1, 0.15) is 0 Å². The van der Waals surface area contributed by atoms with Crippen molar-refractivity contribution in [2.24, 2.45) is 0 Å². The van der Waals surface area contributed by atoms with Gasteiger partial charge in [-0.05, 0) is 24.3 Å². The second-order valence-corrected chi connectivity index (χ2v) is 3.08. The summed E-state index contributed by atoms with van der Waals surface area (Å²) in [5.74, 6) is -3.42. The first-order chi connectivity index (χ1) is 8.56. The summed E-state index contributed by atoms with van der Waals surface area (Å²) in [6.45, 7) is 0. The maximum absolute atomic E-state index is 10.6. The lowest BCUT2D eigenvalue weighted by atomic mass is 10.3. The summed E-state index contributed by atoms with van der Waals surface area (Å²) in [7, 11) is 0. The predicted molar refractivity (Wildman–Crippen MR) is 61.2 cm³/mol. The zero-order chi connectivity index (χ0) is 13.5. The van der Waals surface area contributed by atoms with Crippen LogP contribution >= 0.6 is 0 Å². The maximum atomic E-state index is 10.6. The summed E-state index contributed by atoms with van der Waals surface area (Å²) in [5, 5.41) is 27.3. The summed E-state index contributed by atoms with van der Waals surface area (Å²) in [4.78, 5) is 20.8. The van der Waals surface area contributed by atoms with Gasteiger partial charge in [0.1, 0.15) is 6.29 Å². The van der Waals surface area contributed by atoms with Crippen LogP contribution in [-0.2, 0) is 9.59 Å². The van der Waals surface area contributed by atoms with Gasteiger partial charge < -0.3 is 20.1 Å². The van der Waals surface area contributed by atoms with Crippen LogP contribution in [0.5, 0.6) is 11.5 Å². The van der Waals surface area contributed by atoms with Gasteiger partial charge in [-0.1, -0.05) is 12.1 Å². The first-order valence-electron chi connectivity index (χ1n) is 4.80. The molecule has 6 nitrogen and oxygen atoms in total. The number of aliphatic hydroxyl groups is 1. The number of carbonyl (C=O) groups excluding carboxylic acids is 1. The van der Waals surface area contributed by atoms with Crippen LogP contribution in [0.2, 0.25) is 0 Å². The van der Waals surface area contributed by atoms with Crippen molar-refractivity contribution in [3.63, 3.8) is 0 Å². The third-order valence-corrected chi connectivity index (χ3v) is 1.85. The van der Waals surface area contributed by atoms with Crippen molar-refractivity contribution in [3.05, 3.63) is 47.9 Å². The summed E-state index contributed by atoms with van der Waals surface area (Å²) in [5.41, 5.74) is 0. The molecule has 0 fully saturated rings. The van der Waals surface area contributed by atoms with E-state index in [2.05, 4.69) is 0 Å². The molecule has 1 aromatic rings. The van der Waals surface area contributed by atoms with Gasteiger partial charge in [-0.2, -0.15) is 0 Å². The number of carboxylic acid groups (broad SMARTS) is 1. The second kappa shape index (κ2) is 6.09. The Kier molecular flexibility index (Phi) is 4.50. The topological polar surface area (TPSA) is 104 Å². The highest BCUT2D eigenvalue weighted by molar-refractivity contribution is 5.85. The molecule has 0 heterocycles. The summed E-state index contributed by atoms with van der Waals surface area (Å²) >= 11 is 0. The van der Waals surface area contributed by atoms with Crippen LogP contribution in [-0.4, -0.2) is 27.6 Å². The molecule has 0 aliphatic carbocycles. The summed E-state index contributed by atoms with van der Waals surface area (Å²) in [6, 6.07) is 5.80. The number of aldehydes is 1. The minimum atomic E-state index is -1.61. The van der Waals surface area contributed by atoms with Gasteiger partial charge in [0.15, 0.2) is 17.3 Å². The van der Waals surface area contributed by atoms with Crippen LogP contribution in [0, 0.1) is 0 Å². The van der Waals surface area contributed by atoms with Crippen molar-refractivity contribution in [1.29, 1.82) is 0 Å². The Hall–Kier alpha value is -2.76. The van der Waals surface area contributed by atoms with E-state index in [1.165, 1.54) is 12.1 Å². The van der Waals surface area contributed by atoms with Gasteiger partial charge in [-0.15, -0.1) is 0 Å². The number of aromatic hydroxyl groups is 1. The van der Waals surface area contributed by atoms with E-state index in [-0.39, 0.29) is 11.5 Å². The molecule has 6 heteroatoms. The molecule has 0 saturated carbocycles. The van der Waals surface area contributed by atoms with Gasteiger partial charge in [0.2, 0.25) is 5.76 Å². The summed E-state index contributed by atoms with van der Waals surface area (Å²) < 4.78 is 5.02. The molecule has 0 saturated heterocycles. The first kappa shape index (κ1) is 13.3. The van der Waals surface area contributed by atoms with E-state index < -0.39 is 17.5 Å². The third-order valence-electron chi connectivity index (χ3n) is 1.85. The number of aliphatic carboxylic acids is 1. The number of hydrogen-bond acceptors (Lipinski definition) is 5. The lowest BCUT2D eigenvalue weighted by Gasteiger charge is -2.08. The Balaban J connectivity index is 3.11. The van der Waals surface area contributed by atoms with E-state index >= 15 is 0 Å². The quantitative estimate of drug-likeness (QED) is 0.315. The minimum Gasteiger partial charge on any atom is -0.504 e. The van der Waals surface area contributed by atoms with E-state index in [1.54, 1.807) is 12.1 Å². The number of phenolic OH excluding ortho intramolecular Hbond substituents is 1. The van der Waals surface area contributed by atoms with Gasteiger partial charge in [0, 0.05) is 0 Å². The molecule has 3 N–H and O–H groups in total. The van der Waals surface area contributed by atoms with E-state index in [0.717, 1.165) is 12.2 Å². The van der Waals surface area contributed by atoms with E-state index in [9.17, 15) is 19.8 Å². The van der Waals surface area contributed by atoms with Crippen molar-refractivity contribution < 1.29 is 29.6 Å². The Labute approximate surface area is 102 Å². The Bertz CT molecular complexity index is 515. The number of phenols is 1. The van der Waals surface area contributed by atoms with Crippen molar-refractivity contribution in [3.8, 4) is 11.5 Å². The lowest BCUT2D eigenvalue weighted by molar-refractivity contribution is -0.135. The van der Waals surface area contributed by atoms with Crippen LogP contribution in [0.25, 0.3) is 0 Å². The minimum absolute atomic E-state index is 0.0455. The van der Waals surface area contributed by atoms with Crippen molar-refractivity contribution in [2.45, 2.75) is 0 Å². The van der Waals surface area contributed by atoms with Crippen LogP contribution in [0.15, 0.2) is 47.9 Å². The van der Waals surface area contributed by atoms with E-state index in [0.29, 0.717) is 6.29 Å². The van der Waals surface area contributed by atoms with Crippen molar-refractivity contribution >= 4 is 12.3 Å². The number of benzene rings is 1. The van der Waals surface area contributed by atoms with Crippen LogP contribution < -0.4 is 4.74 Å². The molecule has 0 aromatic heterocycles. The lowest BCUT2D eigenvalue weighted by Crippen LogP contribution is -2.07. The standard InChI is InChI=1S/C12H10O6/c13-7-3-6-10(11(15)12(16)17)18-9-5-2-1-4-8(9)14/h1-7,14-15H,(H,16,17). The summed E-state index contributed by atoms with van der Waals surface area (Å²) in [6.07, 6.45) is 2.32. The van der Waals surface area contributed by atoms with Gasteiger partial charge in [0.25, 0.3) is 0 Å². The monoisotopic (exact) mass is 250 g/mol. The Morgan fingerprint density at radius 1 is 1.22 bits per heavy atom. The average molecular weight is 250 g/mol. The Morgan fingerprint density at radius 2 is 1.89 bits per heavy atom. The van der Waals surface area contributed by atoms with Gasteiger partial charge >= 0.3 is 5.97 Å². The zero-order valence-corrected chi connectivity index (χ0v) is 9.11. The molecule has 0 aliphatic heterocycles. The number of ether oxygens (including phenoxy) is 1. The van der Waals surface area contributed by atoms with Crippen molar-refractivity contribution in [2.75, 3.05) is 0 Å². The number of hydrogen-bond donors (Lipinski definition) is 3. The molecular weight excluding hydrogens is 240 g/mol. The molecule has 0 aliphatic rings. The third kappa shape index (κ3) is 3.38. The molecule has 0 radical (unpaired) electrons. The molecule has 18 heavy (non-hydrogen) atoms. The van der Waals surface area contributed by atoms with Gasteiger partial charge in [0.05, 0.1) is 0 Å². The highest BCUT2D eigenvalue weighted by Crippen LogP contribution is 2.27. The van der Waals surface area contributed by atoms with Gasteiger partial charge in [-0.25, -0.2) is 4.79 Å². The Morgan fingerprint density at radius 3 is 2.44 bits per heavy atom. The number of rotatable bonds is 5. The number of allylic oxidation sites excluding steroid dienone is 2. The van der Waals surface area contributed by atoms with Crippen LogP contribution in [0.4, 0.5) is 0 Å². The first-order valence-corrected chi connectivity index (χ1v) is 4.80. The van der Waals surface area contributed by atoms with Crippen molar-refractivity contribution in [1.82, 2.24) is 0 Å². The van der Waals surface area contributed by atoms with Crippen LogP contribution in [0.3, 0.4) is 0 Å². The molecule has 0 atom stereocenters. The second-order valence-electron chi connectivity index (χ2n) is 3.08. The molecule has 0 spiro atoms. The largest absolute Gasteiger partial charge is 0.504 e. The van der Waals surface area contributed by atoms with E-state index in [1.807, 2.05) is 0 Å². The fourth-order valence-electron chi connectivity index (χ4n) is 1.06. The molecule has 1 rings (SSSR count). The number of carbonyl (C=O) groups is 2. The predicted octanol–water partition coefficient (Wildman–Crippen LogP) is 1.38. The van der Waals surface area contributed by atoms with E-state index in [4.69, 9.17) is 9.84 Å². The van der Waals surface area contributed by atoms with Gasteiger partial charge in [-0.3, -0.25) is 4.79 Å². The molecule has 1 aromatic carbocycles. The maximum Gasteiger partial charge on any atom is 0.374 e. The molecule has 0 unspecified atom stereocenters. The number of carboxylic acids is 1.